The summed E-state index contributed by atoms with van der Waals surface area (Å²) in [6.45, 7) is 4.21. The Hall–Kier alpha value is -2.41. The van der Waals surface area contributed by atoms with E-state index in [1.54, 1.807) is 13.8 Å². The fraction of sp³-hybridized carbons (Fsp3) is 0.235. The Morgan fingerprint density at radius 2 is 1.38 bits per heavy atom. The molecule has 1 N–H and O–H groups in total. The summed E-state index contributed by atoms with van der Waals surface area (Å²) in [5.74, 6) is 0. The summed E-state index contributed by atoms with van der Waals surface area (Å²) in [4.78, 5) is 0.110. The third-order valence-corrected chi connectivity index (χ3v) is 7.20. The molecule has 0 aliphatic carbocycles. The smallest absolute Gasteiger partial charge is 0.261 e. The molecule has 138 valence electrons. The first kappa shape index (κ1) is 19.9. The van der Waals surface area contributed by atoms with Gasteiger partial charge in [-0.1, -0.05) is 13.8 Å². The topological polar surface area (TPSA) is 107 Å². The quantitative estimate of drug-likeness (QED) is 0.777. The number of nitrogens with one attached hydrogen (secondary N) is 1. The molecule has 2 aromatic carbocycles. The van der Waals surface area contributed by atoms with Gasteiger partial charge in [0.1, 0.15) is 0 Å². The zero-order valence-corrected chi connectivity index (χ0v) is 16.0. The molecule has 2 rings (SSSR count). The van der Waals surface area contributed by atoms with Gasteiger partial charge < -0.3 is 0 Å². The highest BCUT2D eigenvalue weighted by molar-refractivity contribution is 7.92. The monoisotopic (exact) mass is 393 g/mol. The van der Waals surface area contributed by atoms with Crippen molar-refractivity contribution in [1.82, 2.24) is 4.31 Å². The van der Waals surface area contributed by atoms with E-state index in [4.69, 9.17) is 5.26 Å². The minimum absolute atomic E-state index is 0.0105. The molecule has 0 heterocycles. The molecule has 0 amide bonds. The third kappa shape index (κ3) is 4.22. The predicted octanol–water partition coefficient (Wildman–Crippen LogP) is 2.39. The van der Waals surface area contributed by atoms with Crippen LogP contribution in [0.3, 0.4) is 0 Å². The molecule has 9 heteroatoms. The molecule has 0 aliphatic heterocycles. The first-order valence-corrected chi connectivity index (χ1v) is 10.8. The normalized spacial score (nSPS) is 11.9. The molecule has 0 aliphatic rings. The van der Waals surface area contributed by atoms with Gasteiger partial charge in [-0.15, -0.1) is 0 Å². The maximum absolute atomic E-state index is 12.4. The molecular weight excluding hydrogens is 374 g/mol. The molecular formula is C17H19N3O4S2. The van der Waals surface area contributed by atoms with Crippen molar-refractivity contribution in [1.29, 1.82) is 5.26 Å². The van der Waals surface area contributed by atoms with Crippen LogP contribution in [0.1, 0.15) is 19.4 Å². The molecule has 0 bridgehead atoms. The van der Waals surface area contributed by atoms with Crippen LogP contribution in [0.4, 0.5) is 5.69 Å². The number of hydrogen-bond acceptors (Lipinski definition) is 5. The van der Waals surface area contributed by atoms with Crippen molar-refractivity contribution in [2.24, 2.45) is 0 Å². The zero-order chi connectivity index (χ0) is 19.4. The SMILES string of the molecule is CCN(CC)S(=O)(=O)c1ccc(NS(=O)(=O)c2ccc(C#N)cc2)cc1. The van der Waals surface area contributed by atoms with E-state index in [1.807, 2.05) is 6.07 Å². The number of nitriles is 1. The Morgan fingerprint density at radius 3 is 1.85 bits per heavy atom. The molecule has 0 saturated heterocycles. The Morgan fingerprint density at radius 1 is 0.885 bits per heavy atom. The number of hydrogen-bond donors (Lipinski definition) is 1. The van der Waals surface area contributed by atoms with Gasteiger partial charge in [-0.05, 0) is 48.5 Å². The van der Waals surface area contributed by atoms with Crippen molar-refractivity contribution < 1.29 is 16.8 Å². The minimum Gasteiger partial charge on any atom is -0.280 e. The van der Waals surface area contributed by atoms with E-state index in [2.05, 4.69) is 4.72 Å². The Kier molecular flexibility index (Phi) is 6.02. The molecule has 0 saturated carbocycles. The summed E-state index contributed by atoms with van der Waals surface area (Å²) < 4.78 is 53.3. The lowest BCUT2D eigenvalue weighted by molar-refractivity contribution is 0.445. The van der Waals surface area contributed by atoms with E-state index in [1.165, 1.54) is 52.8 Å². The van der Waals surface area contributed by atoms with Gasteiger partial charge >= 0.3 is 0 Å². The summed E-state index contributed by atoms with van der Waals surface area (Å²) in [6.07, 6.45) is 0. The largest absolute Gasteiger partial charge is 0.280 e. The highest BCUT2D eigenvalue weighted by Gasteiger charge is 2.21. The lowest BCUT2D eigenvalue weighted by Gasteiger charge is -2.18. The highest BCUT2D eigenvalue weighted by Crippen LogP contribution is 2.21. The fourth-order valence-electron chi connectivity index (χ4n) is 2.33. The molecule has 0 atom stereocenters. The van der Waals surface area contributed by atoms with E-state index in [0.717, 1.165) is 0 Å². The van der Waals surface area contributed by atoms with Gasteiger partial charge in [-0.3, -0.25) is 4.72 Å². The van der Waals surface area contributed by atoms with Gasteiger partial charge in [0.05, 0.1) is 21.4 Å². The van der Waals surface area contributed by atoms with Gasteiger partial charge in [0, 0.05) is 18.8 Å². The molecule has 0 aromatic heterocycles. The minimum atomic E-state index is -3.83. The van der Waals surface area contributed by atoms with Crippen LogP contribution in [0, 0.1) is 11.3 Å². The lowest BCUT2D eigenvalue weighted by atomic mass is 10.2. The standard InChI is InChI=1S/C17H19N3O4S2/c1-3-20(4-2)26(23,24)17-11-7-15(8-12-17)19-25(21,22)16-9-5-14(13-18)6-10-16/h5-12,19H,3-4H2,1-2H3. The number of anilines is 1. The number of sulfonamides is 2. The molecule has 0 fully saturated rings. The number of nitrogens with zero attached hydrogens (tertiary/aromatic N) is 2. The van der Waals surface area contributed by atoms with Gasteiger partial charge in [0.15, 0.2) is 0 Å². The fourth-order valence-corrected chi connectivity index (χ4v) is 4.85. The summed E-state index contributed by atoms with van der Waals surface area (Å²) in [5.41, 5.74) is 0.600. The van der Waals surface area contributed by atoms with Gasteiger partial charge in [0.2, 0.25) is 10.0 Å². The van der Waals surface area contributed by atoms with Crippen molar-refractivity contribution in [3.63, 3.8) is 0 Å². The van der Waals surface area contributed by atoms with E-state index in [-0.39, 0.29) is 15.5 Å². The number of rotatable bonds is 7. The van der Waals surface area contributed by atoms with E-state index in [9.17, 15) is 16.8 Å². The van der Waals surface area contributed by atoms with Crippen LogP contribution in [0.25, 0.3) is 0 Å². The van der Waals surface area contributed by atoms with Crippen LogP contribution in [0.2, 0.25) is 0 Å². The first-order chi connectivity index (χ1) is 12.2. The Balaban J connectivity index is 2.24. The lowest BCUT2D eigenvalue weighted by Crippen LogP contribution is -2.30. The van der Waals surface area contributed by atoms with E-state index >= 15 is 0 Å². The molecule has 0 radical (unpaired) electrons. The summed E-state index contributed by atoms with van der Waals surface area (Å²) in [7, 11) is -7.43. The maximum Gasteiger partial charge on any atom is 0.261 e. The zero-order valence-electron chi connectivity index (χ0n) is 14.4. The van der Waals surface area contributed by atoms with Gasteiger partial charge in [0.25, 0.3) is 10.0 Å². The van der Waals surface area contributed by atoms with Crippen LogP contribution in [0.5, 0.6) is 0 Å². The van der Waals surface area contributed by atoms with Crippen molar-refractivity contribution in [2.45, 2.75) is 23.6 Å². The molecule has 0 unspecified atom stereocenters. The average Bonchev–Trinajstić information content (AvgIpc) is 2.62. The van der Waals surface area contributed by atoms with Crippen molar-refractivity contribution in [2.75, 3.05) is 17.8 Å². The van der Waals surface area contributed by atoms with Crippen molar-refractivity contribution in [3.05, 3.63) is 54.1 Å². The average molecular weight is 393 g/mol. The molecule has 26 heavy (non-hydrogen) atoms. The molecule has 7 nitrogen and oxygen atoms in total. The van der Waals surface area contributed by atoms with Crippen LogP contribution >= 0.6 is 0 Å². The van der Waals surface area contributed by atoms with E-state index < -0.39 is 20.0 Å². The molecule has 0 spiro atoms. The Labute approximate surface area is 154 Å². The van der Waals surface area contributed by atoms with Crippen molar-refractivity contribution >= 4 is 25.7 Å². The van der Waals surface area contributed by atoms with E-state index in [0.29, 0.717) is 18.7 Å². The second kappa shape index (κ2) is 7.86. The second-order valence-electron chi connectivity index (χ2n) is 5.36. The number of benzene rings is 2. The highest BCUT2D eigenvalue weighted by atomic mass is 32.2. The second-order valence-corrected chi connectivity index (χ2v) is 8.98. The van der Waals surface area contributed by atoms with Crippen LogP contribution < -0.4 is 4.72 Å². The maximum atomic E-state index is 12.4. The predicted molar refractivity (Wildman–Crippen MR) is 98.5 cm³/mol. The van der Waals surface area contributed by atoms with Crippen LogP contribution in [-0.4, -0.2) is 34.2 Å². The molecule has 2 aromatic rings. The summed E-state index contributed by atoms with van der Waals surface area (Å²) in [5, 5.41) is 8.77. The first-order valence-electron chi connectivity index (χ1n) is 7.87. The Bertz CT molecular complexity index is 1000. The summed E-state index contributed by atoms with van der Waals surface area (Å²) in [6, 6.07) is 12.9. The summed E-state index contributed by atoms with van der Waals surface area (Å²) >= 11 is 0. The van der Waals surface area contributed by atoms with Gasteiger partial charge in [-0.2, -0.15) is 9.57 Å². The third-order valence-electron chi connectivity index (χ3n) is 3.74. The van der Waals surface area contributed by atoms with Gasteiger partial charge in [-0.25, -0.2) is 16.8 Å². The van der Waals surface area contributed by atoms with Crippen LogP contribution in [0.15, 0.2) is 58.3 Å². The van der Waals surface area contributed by atoms with Crippen LogP contribution in [-0.2, 0) is 20.0 Å². The van der Waals surface area contributed by atoms with Crippen molar-refractivity contribution in [3.8, 4) is 6.07 Å².